The Morgan fingerprint density at radius 3 is 1.88 bits per heavy atom. The fourth-order valence-electron chi connectivity index (χ4n) is 4.49. The van der Waals surface area contributed by atoms with Crippen molar-refractivity contribution in [2.75, 3.05) is 13.1 Å². The van der Waals surface area contributed by atoms with Gasteiger partial charge in [0, 0.05) is 0 Å². The van der Waals surface area contributed by atoms with E-state index in [9.17, 15) is 0 Å². The van der Waals surface area contributed by atoms with Gasteiger partial charge in [-0.1, -0.05) is 97.3 Å². The average molecular weight is 425 g/mol. The Kier molecular flexibility index (Phi) is 13.0. The standard InChI is InChI=1S/C20H38N2.2ClH.Ti/c1-16-10-5-7-12-18(16)21-14-9-15-22-19-13-8-6-11-17(19)20(2,3)4;;;/h16-19H,5-15H2,1-4H3;2*1H;/q-2;;;+2/p-2. The third-order valence-electron chi connectivity index (χ3n) is 5.95. The van der Waals surface area contributed by atoms with Crippen molar-refractivity contribution in [3.63, 3.8) is 0 Å². The molecule has 2 nitrogen and oxygen atoms in total. The Morgan fingerprint density at radius 2 is 1.32 bits per heavy atom. The normalized spacial score (nSPS) is 30.3. The molecular formula is C20H38Cl2N2Ti-2. The van der Waals surface area contributed by atoms with Gasteiger partial charge in [-0.2, -0.15) is 13.1 Å². The zero-order valence-electron chi connectivity index (χ0n) is 16.7. The van der Waals surface area contributed by atoms with Crippen LogP contribution in [0.4, 0.5) is 0 Å². The van der Waals surface area contributed by atoms with Crippen molar-refractivity contribution in [2.24, 2.45) is 17.3 Å². The van der Waals surface area contributed by atoms with E-state index in [-0.39, 0.29) is 0 Å². The Morgan fingerprint density at radius 1 is 0.840 bits per heavy atom. The number of hydrogen-bond donors (Lipinski definition) is 0. The van der Waals surface area contributed by atoms with Gasteiger partial charge >= 0.3 is 35.6 Å². The Balaban J connectivity index is 0.000000970. The Labute approximate surface area is 173 Å². The molecule has 0 aromatic carbocycles. The van der Waals surface area contributed by atoms with E-state index in [1.807, 2.05) is 0 Å². The summed E-state index contributed by atoms with van der Waals surface area (Å²) in [5, 5.41) is 10.0. The minimum absolute atomic E-state index is 0.413. The van der Waals surface area contributed by atoms with Crippen LogP contribution >= 0.6 is 18.6 Å². The van der Waals surface area contributed by atoms with Crippen LogP contribution in [-0.2, 0) is 17.0 Å². The molecule has 0 amide bonds. The van der Waals surface area contributed by atoms with E-state index in [0.717, 1.165) is 31.3 Å². The Hall–Kier alpha value is 1.21. The van der Waals surface area contributed by atoms with Gasteiger partial charge in [-0.05, 0) is 5.41 Å². The molecule has 2 saturated carbocycles. The minimum atomic E-state index is -0.556. The third-order valence-corrected chi connectivity index (χ3v) is 5.95. The van der Waals surface area contributed by atoms with E-state index in [1.54, 1.807) is 0 Å². The number of rotatable bonds is 6. The van der Waals surface area contributed by atoms with Crippen molar-refractivity contribution in [3.8, 4) is 0 Å². The predicted octanol–water partition coefficient (Wildman–Crippen LogP) is 7.68. The molecule has 2 aliphatic carbocycles. The number of hydrogen-bond acceptors (Lipinski definition) is 0. The van der Waals surface area contributed by atoms with E-state index in [4.69, 9.17) is 29.2 Å². The molecule has 0 aromatic heterocycles. The van der Waals surface area contributed by atoms with Crippen LogP contribution in [0.3, 0.4) is 0 Å². The molecule has 0 aliphatic heterocycles. The first-order chi connectivity index (χ1) is 11.9. The number of nitrogens with zero attached hydrogens (tertiary/aromatic N) is 2. The number of halogens is 2. The van der Waals surface area contributed by atoms with E-state index >= 15 is 0 Å². The van der Waals surface area contributed by atoms with E-state index in [2.05, 4.69) is 27.7 Å². The van der Waals surface area contributed by atoms with Crippen LogP contribution in [0.1, 0.15) is 85.5 Å². The molecular weight excluding hydrogens is 387 g/mol. The molecule has 0 bridgehead atoms. The molecule has 0 radical (unpaired) electrons. The fourth-order valence-corrected chi connectivity index (χ4v) is 4.49. The summed E-state index contributed by atoms with van der Waals surface area (Å²) in [5.41, 5.74) is 0.413. The topological polar surface area (TPSA) is 28.2 Å². The molecule has 2 rings (SSSR count). The van der Waals surface area contributed by atoms with Crippen molar-refractivity contribution in [1.29, 1.82) is 0 Å². The van der Waals surface area contributed by atoms with Crippen molar-refractivity contribution in [2.45, 2.75) is 97.6 Å². The zero-order chi connectivity index (χ0) is 18.7. The summed E-state index contributed by atoms with van der Waals surface area (Å²) in [5.74, 6) is 1.60. The first-order valence-corrected chi connectivity index (χ1v) is 14.5. The van der Waals surface area contributed by atoms with E-state index in [1.165, 1.54) is 51.4 Å². The summed E-state index contributed by atoms with van der Waals surface area (Å²) in [4.78, 5) is 0. The molecule has 0 saturated heterocycles. The molecule has 148 valence electrons. The van der Waals surface area contributed by atoms with Crippen molar-refractivity contribution >= 4 is 18.6 Å². The second-order valence-electron chi connectivity index (χ2n) is 8.89. The predicted molar refractivity (Wildman–Crippen MR) is 109 cm³/mol. The fraction of sp³-hybridized carbons (Fsp3) is 1.00. The van der Waals surface area contributed by atoms with Crippen LogP contribution in [0.2, 0.25) is 0 Å². The van der Waals surface area contributed by atoms with Gasteiger partial charge in [0.2, 0.25) is 0 Å². The van der Waals surface area contributed by atoms with Crippen LogP contribution in [0, 0.1) is 17.3 Å². The molecule has 0 N–H and O–H groups in total. The zero-order valence-corrected chi connectivity index (χ0v) is 19.8. The SMILES string of the molecule is CC1CCCCC1[N-]CCC[N-]C1CCCCC1C(C)(C)C.[Cl][Ti][Cl]. The summed E-state index contributed by atoms with van der Waals surface area (Å²) in [7, 11) is 9.78. The van der Waals surface area contributed by atoms with Crippen LogP contribution in [0.5, 0.6) is 0 Å². The van der Waals surface area contributed by atoms with E-state index < -0.39 is 17.0 Å². The molecule has 5 heteroatoms. The first-order valence-electron chi connectivity index (χ1n) is 10.2. The molecule has 0 aromatic rings. The van der Waals surface area contributed by atoms with Gasteiger partial charge in [-0.15, -0.1) is 12.1 Å². The maximum atomic E-state index is 5.07. The molecule has 25 heavy (non-hydrogen) atoms. The summed E-state index contributed by atoms with van der Waals surface area (Å²) in [6.07, 6.45) is 12.2. The van der Waals surface area contributed by atoms with Crippen molar-refractivity contribution in [1.82, 2.24) is 0 Å². The third kappa shape index (κ3) is 9.81. The molecule has 2 fully saturated rings. The molecule has 4 atom stereocenters. The second kappa shape index (κ2) is 13.4. The van der Waals surface area contributed by atoms with Crippen LogP contribution < -0.4 is 0 Å². The maximum absolute atomic E-state index is 5.07. The summed E-state index contributed by atoms with van der Waals surface area (Å²) >= 11 is -0.556. The van der Waals surface area contributed by atoms with Gasteiger partial charge in [0.1, 0.15) is 0 Å². The van der Waals surface area contributed by atoms with Crippen LogP contribution in [0.15, 0.2) is 0 Å². The quantitative estimate of drug-likeness (QED) is 0.308. The van der Waals surface area contributed by atoms with Crippen LogP contribution in [-0.4, -0.2) is 25.2 Å². The molecule has 2 aliphatic rings. The van der Waals surface area contributed by atoms with Gasteiger partial charge in [0.25, 0.3) is 0 Å². The summed E-state index contributed by atoms with van der Waals surface area (Å²) in [6.45, 7) is 11.6. The molecule has 0 spiro atoms. The molecule has 0 heterocycles. The van der Waals surface area contributed by atoms with Crippen molar-refractivity contribution < 1.29 is 17.0 Å². The van der Waals surface area contributed by atoms with Gasteiger partial charge in [0.15, 0.2) is 0 Å². The van der Waals surface area contributed by atoms with Gasteiger partial charge < -0.3 is 10.6 Å². The molecule has 4 unspecified atom stereocenters. The Bertz CT molecular complexity index is 336. The van der Waals surface area contributed by atoms with Gasteiger partial charge in [0.05, 0.1) is 0 Å². The summed E-state index contributed by atoms with van der Waals surface area (Å²) < 4.78 is 0. The van der Waals surface area contributed by atoms with Crippen molar-refractivity contribution in [3.05, 3.63) is 10.6 Å². The second-order valence-corrected chi connectivity index (χ2v) is 11.5. The van der Waals surface area contributed by atoms with Gasteiger partial charge in [-0.25, -0.2) is 0 Å². The first kappa shape index (κ1) is 24.3. The van der Waals surface area contributed by atoms with E-state index in [0.29, 0.717) is 17.5 Å². The monoisotopic (exact) mass is 424 g/mol. The van der Waals surface area contributed by atoms with Crippen LogP contribution in [0.25, 0.3) is 10.6 Å². The van der Waals surface area contributed by atoms with Gasteiger partial charge in [-0.3, -0.25) is 0 Å². The average Bonchev–Trinajstić information content (AvgIpc) is 2.56. The summed E-state index contributed by atoms with van der Waals surface area (Å²) in [6, 6.07) is 1.26.